The van der Waals surface area contributed by atoms with Crippen LogP contribution in [0.25, 0.3) is 0 Å². The average molecular weight is 529 g/mol. The van der Waals surface area contributed by atoms with Crippen LogP contribution < -0.4 is 14.8 Å². The van der Waals surface area contributed by atoms with Crippen LogP contribution in [0.15, 0.2) is 42.6 Å². The predicted molar refractivity (Wildman–Crippen MR) is 138 cm³/mol. The molecule has 4 atom stereocenters. The second-order valence-corrected chi connectivity index (χ2v) is 9.59. The number of aromatic nitrogens is 1. The minimum atomic E-state index is -1.06. The first-order valence-corrected chi connectivity index (χ1v) is 12.7. The molecule has 1 N–H and O–H groups in total. The Morgan fingerprint density at radius 1 is 1.13 bits per heavy atom. The summed E-state index contributed by atoms with van der Waals surface area (Å²) in [6.07, 6.45) is 1.76. The molecule has 1 fully saturated rings. The van der Waals surface area contributed by atoms with Gasteiger partial charge in [0, 0.05) is 12.3 Å². The number of amides is 1. The molecule has 0 saturated carbocycles. The van der Waals surface area contributed by atoms with E-state index >= 15 is 0 Å². The van der Waals surface area contributed by atoms with Crippen LogP contribution in [0.5, 0.6) is 11.5 Å². The molecule has 0 spiro atoms. The lowest BCUT2D eigenvalue weighted by Gasteiger charge is -2.27. The molecule has 2 aromatic rings. The molecule has 206 valence electrons. The Kier molecular flexibility index (Phi) is 10.5. The van der Waals surface area contributed by atoms with Gasteiger partial charge in [-0.05, 0) is 30.7 Å². The van der Waals surface area contributed by atoms with E-state index in [4.69, 9.17) is 23.7 Å². The summed E-state index contributed by atoms with van der Waals surface area (Å²) in [7, 11) is 1.40. The maximum absolute atomic E-state index is 13.2. The van der Waals surface area contributed by atoms with Crippen molar-refractivity contribution in [2.24, 2.45) is 17.8 Å². The van der Waals surface area contributed by atoms with Gasteiger partial charge in [-0.1, -0.05) is 51.1 Å². The highest BCUT2D eigenvalue weighted by molar-refractivity contribution is 5.98. The topological polar surface area (TPSA) is 122 Å². The molecular formula is C28H36N2O8. The van der Waals surface area contributed by atoms with Crippen LogP contribution in [-0.2, 0) is 30.2 Å². The number of nitrogens with zero attached hydrogens (tertiary/aromatic N) is 1. The van der Waals surface area contributed by atoms with Crippen molar-refractivity contribution < 1.29 is 38.1 Å². The summed E-state index contributed by atoms with van der Waals surface area (Å²) in [4.78, 5) is 42.1. The van der Waals surface area contributed by atoms with E-state index in [0.717, 1.165) is 6.42 Å². The molecule has 1 aliphatic heterocycles. The molecule has 0 bridgehead atoms. The van der Waals surface area contributed by atoms with Gasteiger partial charge in [0.1, 0.15) is 6.10 Å². The van der Waals surface area contributed by atoms with Crippen molar-refractivity contribution in [3.8, 4) is 11.5 Å². The van der Waals surface area contributed by atoms with Crippen molar-refractivity contribution in [3.63, 3.8) is 0 Å². The van der Waals surface area contributed by atoms with E-state index < -0.39 is 30.7 Å². The molecular weight excluding hydrogens is 492 g/mol. The van der Waals surface area contributed by atoms with E-state index in [1.807, 2.05) is 32.0 Å². The first-order chi connectivity index (χ1) is 18.2. The van der Waals surface area contributed by atoms with E-state index in [2.05, 4.69) is 22.4 Å². The maximum Gasteiger partial charge on any atom is 0.331 e. The minimum Gasteiger partial charge on any atom is -0.493 e. The third-order valence-electron chi connectivity index (χ3n) is 6.51. The number of hydrogen-bond acceptors (Lipinski definition) is 9. The first kappa shape index (κ1) is 28.9. The molecule has 38 heavy (non-hydrogen) atoms. The summed E-state index contributed by atoms with van der Waals surface area (Å²) in [5.41, 5.74) is 1.03. The zero-order valence-electron chi connectivity index (χ0n) is 22.5. The molecule has 1 amide bonds. The largest absolute Gasteiger partial charge is 0.493 e. The number of methoxy groups -OCH3 is 1. The molecule has 10 nitrogen and oxygen atoms in total. The molecule has 2 heterocycles. The number of carbonyl (C=O) groups is 3. The summed E-state index contributed by atoms with van der Waals surface area (Å²) in [5, 5.41) is 2.65. The van der Waals surface area contributed by atoms with Crippen molar-refractivity contribution in [2.45, 2.75) is 46.3 Å². The number of pyridine rings is 1. The van der Waals surface area contributed by atoms with Crippen LogP contribution in [0, 0.1) is 17.8 Å². The smallest absolute Gasteiger partial charge is 0.331 e. The number of rotatable bonds is 9. The Labute approximate surface area is 223 Å². The van der Waals surface area contributed by atoms with Crippen LogP contribution in [0.3, 0.4) is 0 Å². The summed E-state index contributed by atoms with van der Waals surface area (Å²) < 4.78 is 27.5. The number of benzene rings is 1. The van der Waals surface area contributed by atoms with Crippen molar-refractivity contribution in [2.75, 3.05) is 27.1 Å². The number of hydrogen-bond donors (Lipinski definition) is 1. The number of nitrogens with one attached hydrogen (secondary N) is 1. The summed E-state index contributed by atoms with van der Waals surface area (Å²) in [5.74, 6) is -1.76. The van der Waals surface area contributed by atoms with E-state index in [1.54, 1.807) is 13.8 Å². The van der Waals surface area contributed by atoms with Gasteiger partial charge in [0.2, 0.25) is 6.79 Å². The highest BCUT2D eigenvalue weighted by atomic mass is 16.7. The lowest BCUT2D eigenvalue weighted by atomic mass is 9.85. The van der Waals surface area contributed by atoms with Crippen LogP contribution >= 0.6 is 0 Å². The molecule has 1 saturated heterocycles. The first-order valence-electron chi connectivity index (χ1n) is 12.7. The lowest BCUT2D eigenvalue weighted by molar-refractivity contribution is -0.154. The van der Waals surface area contributed by atoms with Gasteiger partial charge >= 0.3 is 11.9 Å². The zero-order valence-corrected chi connectivity index (χ0v) is 22.5. The maximum atomic E-state index is 13.2. The fourth-order valence-corrected chi connectivity index (χ4v) is 4.01. The third-order valence-corrected chi connectivity index (χ3v) is 6.51. The number of ether oxygens (including phenoxy) is 5. The molecule has 0 aliphatic carbocycles. The van der Waals surface area contributed by atoms with Gasteiger partial charge in [0.05, 0.1) is 26.2 Å². The number of cyclic esters (lactones) is 1. The lowest BCUT2D eigenvalue weighted by Crippen LogP contribution is -2.46. The minimum absolute atomic E-state index is 0.0219. The Morgan fingerprint density at radius 3 is 2.55 bits per heavy atom. The number of esters is 2. The monoisotopic (exact) mass is 528 g/mol. The molecule has 1 aromatic heterocycles. The highest BCUT2D eigenvalue weighted by Crippen LogP contribution is 2.30. The van der Waals surface area contributed by atoms with Gasteiger partial charge in [-0.25, -0.2) is 9.78 Å². The molecule has 1 aliphatic rings. The van der Waals surface area contributed by atoms with Crippen molar-refractivity contribution in [1.29, 1.82) is 0 Å². The van der Waals surface area contributed by atoms with Gasteiger partial charge in [-0.3, -0.25) is 9.59 Å². The summed E-state index contributed by atoms with van der Waals surface area (Å²) in [6, 6.07) is 10.5. The fraction of sp³-hybridized carbons (Fsp3) is 0.500. The quantitative estimate of drug-likeness (QED) is 0.386. The fourth-order valence-electron chi connectivity index (χ4n) is 4.01. The van der Waals surface area contributed by atoms with Gasteiger partial charge in [-0.2, -0.15) is 0 Å². The third kappa shape index (κ3) is 7.67. The second kappa shape index (κ2) is 13.8. The highest BCUT2D eigenvalue weighted by Gasteiger charge is 2.33. The molecule has 10 heteroatoms. The SMILES string of the molecule is COc1ccnc(C(=O)N[C@H]2COC[C@H](Cc3ccccc3)[C@@H](C)[C@H](C)OC2=O)c1OCOC(=O)C(C)C. The van der Waals surface area contributed by atoms with E-state index in [0.29, 0.717) is 6.61 Å². The standard InChI is InChI=1S/C28H36N2O8/c1-17(2)27(32)37-16-36-25-23(34-5)11-12-29-24(25)26(31)30-22-15-35-14-21(13-20-9-7-6-8-10-20)18(3)19(4)38-28(22)33/h6-12,17-19,21-22H,13-16H2,1-5H3,(H,30,31)/t18-,19-,21-,22-/m0/s1. The van der Waals surface area contributed by atoms with Gasteiger partial charge in [0.15, 0.2) is 23.2 Å². The van der Waals surface area contributed by atoms with Crippen LogP contribution in [-0.4, -0.2) is 62.1 Å². The molecule has 1 aromatic carbocycles. The number of carbonyl (C=O) groups excluding carboxylic acids is 3. The average Bonchev–Trinajstić information content (AvgIpc) is 2.95. The van der Waals surface area contributed by atoms with E-state index in [1.165, 1.54) is 24.9 Å². The molecule has 0 radical (unpaired) electrons. The Bertz CT molecular complexity index is 1090. The molecule has 3 rings (SSSR count). The Hall–Kier alpha value is -3.66. The normalized spacial score (nSPS) is 21.9. The van der Waals surface area contributed by atoms with Crippen LogP contribution in [0.1, 0.15) is 43.7 Å². The van der Waals surface area contributed by atoms with Crippen LogP contribution in [0.2, 0.25) is 0 Å². The predicted octanol–water partition coefficient (Wildman–Crippen LogP) is 3.18. The Balaban J connectivity index is 1.72. The van der Waals surface area contributed by atoms with Crippen molar-refractivity contribution >= 4 is 17.8 Å². The second-order valence-electron chi connectivity index (χ2n) is 9.59. The summed E-state index contributed by atoms with van der Waals surface area (Å²) in [6.45, 7) is 7.15. The Morgan fingerprint density at radius 2 is 1.87 bits per heavy atom. The van der Waals surface area contributed by atoms with E-state index in [9.17, 15) is 14.4 Å². The van der Waals surface area contributed by atoms with Crippen LogP contribution in [0.4, 0.5) is 0 Å². The van der Waals surface area contributed by atoms with Gasteiger partial charge in [0.25, 0.3) is 5.91 Å². The van der Waals surface area contributed by atoms with Gasteiger partial charge in [-0.15, -0.1) is 0 Å². The van der Waals surface area contributed by atoms with Crippen molar-refractivity contribution in [1.82, 2.24) is 10.3 Å². The van der Waals surface area contributed by atoms with Gasteiger partial charge < -0.3 is 29.0 Å². The van der Waals surface area contributed by atoms with E-state index in [-0.39, 0.29) is 47.7 Å². The van der Waals surface area contributed by atoms with Crippen molar-refractivity contribution in [3.05, 3.63) is 53.9 Å². The molecule has 0 unspecified atom stereocenters. The summed E-state index contributed by atoms with van der Waals surface area (Å²) >= 11 is 0. The zero-order chi connectivity index (χ0) is 27.7.